The number of furan rings is 1. The largest absolute Gasteiger partial charge is 0.462 e. The van der Waals surface area contributed by atoms with Crippen molar-refractivity contribution in [3.63, 3.8) is 0 Å². The van der Waals surface area contributed by atoms with Crippen molar-refractivity contribution in [3.8, 4) is 6.07 Å². The van der Waals surface area contributed by atoms with Gasteiger partial charge in [0.2, 0.25) is 5.91 Å². The third-order valence-corrected chi connectivity index (χ3v) is 2.40. The van der Waals surface area contributed by atoms with Crippen molar-refractivity contribution in [2.24, 2.45) is 5.92 Å². The lowest BCUT2D eigenvalue weighted by Gasteiger charge is -2.05. The van der Waals surface area contributed by atoms with Gasteiger partial charge in [0.15, 0.2) is 11.7 Å². The molecule has 0 spiro atoms. The van der Waals surface area contributed by atoms with Crippen LogP contribution >= 0.6 is 0 Å². The first-order valence-corrected chi connectivity index (χ1v) is 6.04. The quantitative estimate of drug-likeness (QED) is 0.625. The normalized spacial score (nSPS) is 12.1. The first-order chi connectivity index (χ1) is 9.08. The van der Waals surface area contributed by atoms with Crippen LogP contribution in [0.5, 0.6) is 0 Å². The second kappa shape index (κ2) is 7.17. The number of hydrogen-bond donors (Lipinski definition) is 1. The van der Waals surface area contributed by atoms with Crippen LogP contribution in [-0.2, 0) is 9.59 Å². The maximum atomic E-state index is 11.7. The Bertz CT molecular complexity index is 523. The Hall–Kier alpha value is -2.35. The summed E-state index contributed by atoms with van der Waals surface area (Å²) in [5.41, 5.74) is 0. The Morgan fingerprint density at radius 1 is 1.53 bits per heavy atom. The summed E-state index contributed by atoms with van der Waals surface area (Å²) in [5, 5.41) is 11.4. The Morgan fingerprint density at radius 2 is 2.26 bits per heavy atom. The van der Waals surface area contributed by atoms with Gasteiger partial charge in [-0.3, -0.25) is 9.59 Å². The molecule has 0 radical (unpaired) electrons. The molecule has 0 aromatic carbocycles. The van der Waals surface area contributed by atoms with Crippen LogP contribution < -0.4 is 5.32 Å². The number of rotatable bonds is 6. The molecule has 1 rings (SSSR count). The number of amides is 1. The molecule has 0 saturated carbocycles. The lowest BCUT2D eigenvalue weighted by molar-refractivity contribution is -0.129. The topological polar surface area (TPSA) is 83.1 Å². The van der Waals surface area contributed by atoms with Crippen LogP contribution in [0.1, 0.15) is 24.9 Å². The van der Waals surface area contributed by atoms with Gasteiger partial charge in [0.1, 0.15) is 11.5 Å². The van der Waals surface area contributed by atoms with Gasteiger partial charge >= 0.3 is 0 Å². The summed E-state index contributed by atoms with van der Waals surface area (Å²) in [6.45, 7) is 4.13. The summed E-state index contributed by atoms with van der Waals surface area (Å²) in [6.07, 6.45) is 3.39. The number of carbonyl (C=O) groups is 2. The number of hydrogen-bond acceptors (Lipinski definition) is 4. The summed E-state index contributed by atoms with van der Waals surface area (Å²) >= 11 is 0. The maximum Gasteiger partial charge on any atom is 0.245 e. The monoisotopic (exact) mass is 260 g/mol. The Morgan fingerprint density at radius 3 is 2.79 bits per heavy atom. The predicted molar refractivity (Wildman–Crippen MR) is 69.9 cm³/mol. The molecule has 0 aliphatic heterocycles. The molecule has 1 atom stereocenters. The second-order valence-electron chi connectivity index (χ2n) is 4.04. The van der Waals surface area contributed by atoms with Crippen molar-refractivity contribution in [2.45, 2.75) is 20.3 Å². The van der Waals surface area contributed by atoms with E-state index in [1.54, 1.807) is 25.1 Å². The Kier molecular flexibility index (Phi) is 5.55. The average Bonchev–Trinajstić information content (AvgIpc) is 2.80. The molecular formula is C14H16N2O3. The highest BCUT2D eigenvalue weighted by molar-refractivity contribution is 6.10. The third-order valence-electron chi connectivity index (χ3n) is 2.40. The van der Waals surface area contributed by atoms with Gasteiger partial charge < -0.3 is 9.73 Å². The summed E-state index contributed by atoms with van der Waals surface area (Å²) in [5.74, 6) is -1.18. The molecule has 19 heavy (non-hydrogen) atoms. The SMILES string of the molecule is CCCNC(=O)C(C#N)C(=O)/C=C/c1ccc(C)o1. The maximum absolute atomic E-state index is 11.7. The number of ketones is 1. The van der Waals surface area contributed by atoms with Gasteiger partial charge in [-0.2, -0.15) is 5.26 Å². The second-order valence-corrected chi connectivity index (χ2v) is 4.04. The number of carbonyl (C=O) groups excluding carboxylic acids is 2. The zero-order valence-electron chi connectivity index (χ0n) is 11.0. The first kappa shape index (κ1) is 14.7. The summed E-state index contributed by atoms with van der Waals surface area (Å²) in [7, 11) is 0. The molecule has 5 nitrogen and oxygen atoms in total. The molecular weight excluding hydrogens is 244 g/mol. The van der Waals surface area contributed by atoms with E-state index in [0.717, 1.165) is 12.2 Å². The van der Waals surface area contributed by atoms with Gasteiger partial charge in [0, 0.05) is 6.54 Å². The van der Waals surface area contributed by atoms with E-state index in [2.05, 4.69) is 5.32 Å². The van der Waals surface area contributed by atoms with Gasteiger partial charge in [-0.1, -0.05) is 6.92 Å². The van der Waals surface area contributed by atoms with Crippen LogP contribution in [-0.4, -0.2) is 18.2 Å². The molecule has 1 N–H and O–H groups in total. The van der Waals surface area contributed by atoms with Crippen LogP contribution in [0.25, 0.3) is 6.08 Å². The molecule has 0 aliphatic carbocycles. The number of nitrogens with one attached hydrogen (secondary N) is 1. The molecule has 0 aliphatic rings. The number of nitriles is 1. The molecule has 1 aromatic heterocycles. The van der Waals surface area contributed by atoms with E-state index < -0.39 is 17.6 Å². The van der Waals surface area contributed by atoms with E-state index in [1.807, 2.05) is 6.92 Å². The zero-order chi connectivity index (χ0) is 14.3. The number of nitrogens with zero attached hydrogens (tertiary/aromatic N) is 1. The van der Waals surface area contributed by atoms with Crippen molar-refractivity contribution in [3.05, 3.63) is 29.7 Å². The van der Waals surface area contributed by atoms with Crippen molar-refractivity contribution < 1.29 is 14.0 Å². The van der Waals surface area contributed by atoms with E-state index in [0.29, 0.717) is 12.3 Å². The zero-order valence-corrected chi connectivity index (χ0v) is 11.0. The van der Waals surface area contributed by atoms with Crippen molar-refractivity contribution in [2.75, 3.05) is 6.54 Å². The van der Waals surface area contributed by atoms with E-state index in [-0.39, 0.29) is 0 Å². The third kappa shape index (κ3) is 4.43. The van der Waals surface area contributed by atoms with Crippen LogP contribution in [0.15, 0.2) is 22.6 Å². The first-order valence-electron chi connectivity index (χ1n) is 6.04. The summed E-state index contributed by atoms with van der Waals surface area (Å²) in [4.78, 5) is 23.3. The highest BCUT2D eigenvalue weighted by Gasteiger charge is 2.23. The molecule has 1 amide bonds. The van der Waals surface area contributed by atoms with E-state index in [9.17, 15) is 9.59 Å². The molecule has 1 unspecified atom stereocenters. The minimum absolute atomic E-state index is 0.450. The number of allylic oxidation sites excluding steroid dienone is 1. The highest BCUT2D eigenvalue weighted by atomic mass is 16.3. The van der Waals surface area contributed by atoms with Crippen LogP contribution in [0, 0.1) is 24.2 Å². The summed E-state index contributed by atoms with van der Waals surface area (Å²) < 4.78 is 5.25. The predicted octanol–water partition coefficient (Wildman–Crippen LogP) is 1.84. The minimum Gasteiger partial charge on any atom is -0.462 e. The highest BCUT2D eigenvalue weighted by Crippen LogP contribution is 2.09. The van der Waals surface area contributed by atoms with Gasteiger partial charge in [0.25, 0.3) is 0 Å². The van der Waals surface area contributed by atoms with E-state index in [4.69, 9.17) is 9.68 Å². The average molecular weight is 260 g/mol. The molecule has 0 bridgehead atoms. The van der Waals surface area contributed by atoms with Crippen molar-refractivity contribution in [1.82, 2.24) is 5.32 Å². The van der Waals surface area contributed by atoms with Crippen molar-refractivity contribution in [1.29, 1.82) is 5.26 Å². The molecule has 0 saturated heterocycles. The van der Waals surface area contributed by atoms with Gasteiger partial charge in [-0.15, -0.1) is 0 Å². The van der Waals surface area contributed by atoms with Gasteiger partial charge in [-0.05, 0) is 37.6 Å². The standard InChI is InChI=1S/C14H16N2O3/c1-3-8-16-14(18)12(9-15)13(17)7-6-11-5-4-10(2)19-11/h4-7,12H,3,8H2,1-2H3,(H,16,18)/b7-6+. The van der Waals surface area contributed by atoms with Crippen LogP contribution in [0.3, 0.4) is 0 Å². The Balaban J connectivity index is 2.67. The fourth-order valence-electron chi connectivity index (χ4n) is 1.41. The van der Waals surface area contributed by atoms with E-state index in [1.165, 1.54) is 12.2 Å². The molecule has 1 heterocycles. The lowest BCUT2D eigenvalue weighted by Crippen LogP contribution is -2.34. The fourth-order valence-corrected chi connectivity index (χ4v) is 1.41. The summed E-state index contributed by atoms with van der Waals surface area (Å²) in [6, 6.07) is 5.18. The van der Waals surface area contributed by atoms with Crippen molar-refractivity contribution >= 4 is 17.8 Å². The molecule has 1 aromatic rings. The van der Waals surface area contributed by atoms with Crippen LogP contribution in [0.2, 0.25) is 0 Å². The van der Waals surface area contributed by atoms with Gasteiger partial charge in [0.05, 0.1) is 6.07 Å². The number of aryl methyl sites for hydroxylation is 1. The van der Waals surface area contributed by atoms with E-state index >= 15 is 0 Å². The molecule has 5 heteroatoms. The van der Waals surface area contributed by atoms with Crippen LogP contribution in [0.4, 0.5) is 0 Å². The fraction of sp³-hybridized carbons (Fsp3) is 0.357. The minimum atomic E-state index is -1.31. The molecule has 0 fully saturated rings. The Labute approximate surface area is 111 Å². The molecule has 100 valence electrons. The van der Waals surface area contributed by atoms with Gasteiger partial charge in [-0.25, -0.2) is 0 Å². The lowest BCUT2D eigenvalue weighted by atomic mass is 10.0. The smallest absolute Gasteiger partial charge is 0.245 e.